The summed E-state index contributed by atoms with van der Waals surface area (Å²) in [6, 6.07) is 7.71. The van der Waals surface area contributed by atoms with E-state index in [2.05, 4.69) is 4.98 Å². The highest BCUT2D eigenvalue weighted by molar-refractivity contribution is 5.77. The molecule has 2 N–H and O–H groups in total. The van der Waals surface area contributed by atoms with Crippen molar-refractivity contribution in [1.29, 1.82) is 0 Å². The summed E-state index contributed by atoms with van der Waals surface area (Å²) in [5.74, 6) is -0.621. The molecule has 0 radical (unpaired) electrons. The molecule has 0 unspecified atom stereocenters. The standard InChI is InChI=1S/C16H18N2O3/c19-10-9-18-14-8-4-3-7-13(14)17-15(18)11-5-1-2-6-12(11)16(20)21/h1-4,7-8,11-12,19H,5-6,9-10H2,(H,20,21)/t11-,12+/m1/s1. The first-order valence-electron chi connectivity index (χ1n) is 7.16. The number of carboxylic acid groups (broad SMARTS) is 1. The molecular weight excluding hydrogens is 268 g/mol. The Morgan fingerprint density at radius 3 is 2.81 bits per heavy atom. The topological polar surface area (TPSA) is 75.3 Å². The van der Waals surface area contributed by atoms with Crippen LogP contribution in [0.2, 0.25) is 0 Å². The van der Waals surface area contributed by atoms with Crippen LogP contribution in [0.5, 0.6) is 0 Å². The van der Waals surface area contributed by atoms with E-state index >= 15 is 0 Å². The van der Waals surface area contributed by atoms with Crippen LogP contribution >= 0.6 is 0 Å². The van der Waals surface area contributed by atoms with Gasteiger partial charge >= 0.3 is 5.97 Å². The number of benzene rings is 1. The number of carbonyl (C=O) groups is 1. The third-order valence-corrected chi connectivity index (χ3v) is 4.09. The van der Waals surface area contributed by atoms with Crippen molar-refractivity contribution in [3.63, 3.8) is 0 Å². The zero-order chi connectivity index (χ0) is 14.8. The highest BCUT2D eigenvalue weighted by Gasteiger charge is 2.33. The van der Waals surface area contributed by atoms with Crippen molar-refractivity contribution < 1.29 is 15.0 Å². The molecule has 110 valence electrons. The maximum absolute atomic E-state index is 11.5. The minimum absolute atomic E-state index is 0.00759. The molecule has 0 saturated heterocycles. The van der Waals surface area contributed by atoms with Gasteiger partial charge in [-0.05, 0) is 25.0 Å². The number of allylic oxidation sites excluding steroid dienone is 2. The van der Waals surface area contributed by atoms with Crippen LogP contribution in [-0.4, -0.2) is 32.3 Å². The van der Waals surface area contributed by atoms with Crippen molar-refractivity contribution in [1.82, 2.24) is 9.55 Å². The largest absolute Gasteiger partial charge is 0.481 e. The Balaban J connectivity index is 2.11. The number of fused-ring (bicyclic) bond motifs is 1. The van der Waals surface area contributed by atoms with Crippen LogP contribution in [-0.2, 0) is 11.3 Å². The third kappa shape index (κ3) is 2.45. The quantitative estimate of drug-likeness (QED) is 0.845. The van der Waals surface area contributed by atoms with Gasteiger partial charge in [0.15, 0.2) is 0 Å². The Bertz CT molecular complexity index is 690. The third-order valence-electron chi connectivity index (χ3n) is 4.09. The smallest absolute Gasteiger partial charge is 0.307 e. The second-order valence-corrected chi connectivity index (χ2v) is 5.33. The second kappa shape index (κ2) is 5.69. The lowest BCUT2D eigenvalue weighted by molar-refractivity contribution is -0.142. The molecule has 1 heterocycles. The van der Waals surface area contributed by atoms with Crippen LogP contribution in [0.25, 0.3) is 11.0 Å². The van der Waals surface area contributed by atoms with Crippen LogP contribution < -0.4 is 0 Å². The molecule has 0 amide bonds. The summed E-state index contributed by atoms with van der Waals surface area (Å²) in [5, 5.41) is 18.8. The van der Waals surface area contributed by atoms with E-state index in [1.165, 1.54) is 0 Å². The molecule has 5 heteroatoms. The van der Waals surface area contributed by atoms with Crippen molar-refractivity contribution in [3.8, 4) is 0 Å². The molecule has 0 bridgehead atoms. The number of imidazole rings is 1. The number of aliphatic hydroxyl groups excluding tert-OH is 1. The monoisotopic (exact) mass is 286 g/mol. The van der Waals surface area contributed by atoms with Gasteiger partial charge in [-0.15, -0.1) is 0 Å². The lowest BCUT2D eigenvalue weighted by atomic mass is 9.82. The van der Waals surface area contributed by atoms with Gasteiger partial charge in [-0.25, -0.2) is 4.98 Å². The van der Waals surface area contributed by atoms with Gasteiger partial charge in [0.25, 0.3) is 0 Å². The zero-order valence-electron chi connectivity index (χ0n) is 11.6. The van der Waals surface area contributed by atoms with E-state index in [-0.39, 0.29) is 12.5 Å². The minimum atomic E-state index is -0.785. The number of aliphatic carboxylic acids is 1. The molecule has 1 aliphatic carbocycles. The summed E-state index contributed by atoms with van der Waals surface area (Å²) in [7, 11) is 0. The van der Waals surface area contributed by atoms with Gasteiger partial charge in [-0.3, -0.25) is 4.79 Å². The molecule has 0 spiro atoms. The van der Waals surface area contributed by atoms with E-state index in [1.807, 2.05) is 41.0 Å². The molecule has 1 aliphatic rings. The Labute approximate surface area is 122 Å². The maximum Gasteiger partial charge on any atom is 0.307 e. The Kier molecular flexibility index (Phi) is 3.75. The Morgan fingerprint density at radius 2 is 2.05 bits per heavy atom. The van der Waals surface area contributed by atoms with Gasteiger partial charge in [0.1, 0.15) is 5.82 Å². The number of hydrogen-bond acceptors (Lipinski definition) is 3. The molecule has 1 aromatic heterocycles. The van der Waals surface area contributed by atoms with Gasteiger partial charge in [-0.1, -0.05) is 24.3 Å². The first-order valence-corrected chi connectivity index (χ1v) is 7.16. The molecule has 0 aliphatic heterocycles. The summed E-state index contributed by atoms with van der Waals surface area (Å²) in [6.07, 6.45) is 5.15. The Morgan fingerprint density at radius 1 is 1.29 bits per heavy atom. The highest BCUT2D eigenvalue weighted by atomic mass is 16.4. The molecule has 1 aromatic carbocycles. The van der Waals surface area contributed by atoms with Crippen molar-refractivity contribution in [3.05, 3.63) is 42.2 Å². The summed E-state index contributed by atoms with van der Waals surface area (Å²) in [5.41, 5.74) is 1.79. The SMILES string of the molecule is O=C(O)[C@H]1CC=CC[C@H]1c1nc2ccccc2n1CCO. The number of para-hydroxylation sites is 2. The fourth-order valence-electron chi connectivity index (χ4n) is 3.08. The first kappa shape index (κ1) is 13.8. The van der Waals surface area contributed by atoms with Crippen LogP contribution in [0.3, 0.4) is 0 Å². The van der Waals surface area contributed by atoms with Gasteiger partial charge in [0.05, 0.1) is 23.6 Å². The van der Waals surface area contributed by atoms with Crippen molar-refractivity contribution in [2.24, 2.45) is 5.92 Å². The average Bonchev–Trinajstić information content (AvgIpc) is 2.86. The number of rotatable bonds is 4. The molecule has 2 atom stereocenters. The van der Waals surface area contributed by atoms with E-state index in [9.17, 15) is 15.0 Å². The van der Waals surface area contributed by atoms with E-state index in [0.717, 1.165) is 16.9 Å². The fourth-order valence-corrected chi connectivity index (χ4v) is 3.08. The van der Waals surface area contributed by atoms with Gasteiger partial charge in [-0.2, -0.15) is 0 Å². The zero-order valence-corrected chi connectivity index (χ0v) is 11.6. The highest BCUT2D eigenvalue weighted by Crippen LogP contribution is 2.35. The van der Waals surface area contributed by atoms with E-state index in [0.29, 0.717) is 19.4 Å². The summed E-state index contributed by atoms with van der Waals surface area (Å²) in [6.45, 7) is 0.441. The summed E-state index contributed by atoms with van der Waals surface area (Å²) >= 11 is 0. The maximum atomic E-state index is 11.5. The number of aromatic nitrogens is 2. The molecule has 21 heavy (non-hydrogen) atoms. The lowest BCUT2D eigenvalue weighted by Crippen LogP contribution is -2.26. The molecular formula is C16H18N2O3. The fraction of sp³-hybridized carbons (Fsp3) is 0.375. The number of carboxylic acids is 1. The van der Waals surface area contributed by atoms with Crippen LogP contribution in [0, 0.1) is 5.92 Å². The minimum Gasteiger partial charge on any atom is -0.481 e. The Hall–Kier alpha value is -2.14. The molecule has 5 nitrogen and oxygen atoms in total. The summed E-state index contributed by atoms with van der Waals surface area (Å²) in [4.78, 5) is 16.1. The second-order valence-electron chi connectivity index (χ2n) is 5.33. The molecule has 3 rings (SSSR count). The van der Waals surface area contributed by atoms with Gasteiger partial charge < -0.3 is 14.8 Å². The van der Waals surface area contributed by atoms with Crippen LogP contribution in [0.4, 0.5) is 0 Å². The number of hydrogen-bond donors (Lipinski definition) is 2. The van der Waals surface area contributed by atoms with E-state index in [4.69, 9.17) is 0 Å². The molecule has 2 aromatic rings. The van der Waals surface area contributed by atoms with Crippen LogP contribution in [0.15, 0.2) is 36.4 Å². The van der Waals surface area contributed by atoms with Gasteiger partial charge in [0.2, 0.25) is 0 Å². The number of aliphatic hydroxyl groups is 1. The van der Waals surface area contributed by atoms with Crippen molar-refractivity contribution >= 4 is 17.0 Å². The van der Waals surface area contributed by atoms with E-state index in [1.54, 1.807) is 0 Å². The summed E-state index contributed by atoms with van der Waals surface area (Å²) < 4.78 is 1.95. The lowest BCUT2D eigenvalue weighted by Gasteiger charge is -2.25. The number of nitrogens with zero attached hydrogens (tertiary/aromatic N) is 2. The molecule has 0 fully saturated rings. The van der Waals surface area contributed by atoms with Crippen molar-refractivity contribution in [2.75, 3.05) is 6.61 Å². The van der Waals surface area contributed by atoms with Crippen LogP contribution in [0.1, 0.15) is 24.6 Å². The predicted molar refractivity (Wildman–Crippen MR) is 79.1 cm³/mol. The van der Waals surface area contributed by atoms with E-state index < -0.39 is 11.9 Å². The normalized spacial score (nSPS) is 21.8. The van der Waals surface area contributed by atoms with Crippen molar-refractivity contribution in [2.45, 2.75) is 25.3 Å². The average molecular weight is 286 g/mol. The molecule has 0 saturated carbocycles. The first-order chi connectivity index (χ1) is 10.2. The predicted octanol–water partition coefficient (Wildman–Crippen LogP) is 2.16. The van der Waals surface area contributed by atoms with Gasteiger partial charge in [0, 0.05) is 12.5 Å².